The normalized spacial score (nSPS) is 12.1. The molecule has 0 saturated carbocycles. The third kappa shape index (κ3) is 4.11. The van der Waals surface area contributed by atoms with E-state index in [1.165, 1.54) is 18.2 Å². The molecule has 0 spiro atoms. The number of imidazole rings is 1. The smallest absolute Gasteiger partial charge is 0.269 e. The van der Waals surface area contributed by atoms with Crippen molar-refractivity contribution in [1.82, 2.24) is 14.9 Å². The highest BCUT2D eigenvalue weighted by molar-refractivity contribution is 6.31. The van der Waals surface area contributed by atoms with Crippen molar-refractivity contribution in [1.29, 1.82) is 5.26 Å². The van der Waals surface area contributed by atoms with Gasteiger partial charge < -0.3 is 10.1 Å². The molecular formula is C19H16ClN5O3. The maximum absolute atomic E-state index is 10.9. The summed E-state index contributed by atoms with van der Waals surface area (Å²) in [6.45, 7) is 0.294. The molecule has 1 heterocycles. The van der Waals surface area contributed by atoms with Gasteiger partial charge in [-0.2, -0.15) is 5.26 Å². The number of nitrogens with one attached hydrogen (secondary N) is 1. The van der Waals surface area contributed by atoms with Gasteiger partial charge in [0.25, 0.3) is 5.69 Å². The molecule has 1 aromatic heterocycles. The number of rotatable bonds is 6. The molecule has 0 aliphatic heterocycles. The predicted octanol–water partition coefficient (Wildman–Crippen LogP) is 4.05. The Morgan fingerprint density at radius 3 is 2.82 bits per heavy atom. The minimum absolute atomic E-state index is 0.0354. The minimum Gasteiger partial charge on any atom is -0.509 e. The van der Waals surface area contributed by atoms with Crippen molar-refractivity contribution in [3.8, 4) is 6.07 Å². The Kier molecular flexibility index (Phi) is 5.59. The Labute approximate surface area is 165 Å². The molecule has 0 radical (unpaired) electrons. The molecular weight excluding hydrogens is 382 g/mol. The fraction of sp³-hybridized carbons (Fsp3) is 0.158. The van der Waals surface area contributed by atoms with Crippen LogP contribution in [-0.2, 0) is 6.54 Å². The fourth-order valence-corrected chi connectivity index (χ4v) is 2.98. The van der Waals surface area contributed by atoms with Gasteiger partial charge in [0.1, 0.15) is 17.4 Å². The van der Waals surface area contributed by atoms with Crippen LogP contribution in [0.2, 0.25) is 5.02 Å². The van der Waals surface area contributed by atoms with Crippen LogP contribution in [-0.4, -0.2) is 38.5 Å². The van der Waals surface area contributed by atoms with Crippen LogP contribution in [0, 0.1) is 21.4 Å². The molecule has 0 aliphatic rings. The number of nitrogens with zero attached hydrogens (tertiary/aromatic N) is 4. The zero-order chi connectivity index (χ0) is 20.3. The summed E-state index contributed by atoms with van der Waals surface area (Å²) in [6.07, 6.45) is 0. The second-order valence-corrected chi connectivity index (χ2v) is 6.65. The largest absolute Gasteiger partial charge is 0.509 e. The molecule has 142 valence electrons. The number of aromatic amines is 1. The number of nitriles is 1. The van der Waals surface area contributed by atoms with Gasteiger partial charge in [-0.05, 0) is 30.8 Å². The summed E-state index contributed by atoms with van der Waals surface area (Å²) in [4.78, 5) is 19.5. The maximum Gasteiger partial charge on any atom is 0.269 e. The SMILES string of the molecule is CN(CC(O)=C(C#N)c1nc2ccccc2[nH]1)Cc1cc([N+](=O)[O-])ccc1Cl. The summed E-state index contributed by atoms with van der Waals surface area (Å²) in [5, 5.41) is 31.3. The van der Waals surface area contributed by atoms with Gasteiger partial charge in [0.15, 0.2) is 5.82 Å². The monoisotopic (exact) mass is 397 g/mol. The number of nitro groups is 1. The topological polar surface area (TPSA) is 119 Å². The number of non-ortho nitro benzene ring substituents is 1. The number of fused-ring (bicyclic) bond motifs is 1. The summed E-state index contributed by atoms with van der Waals surface area (Å²) in [7, 11) is 1.71. The molecule has 3 rings (SSSR count). The van der Waals surface area contributed by atoms with Crippen molar-refractivity contribution in [2.75, 3.05) is 13.6 Å². The highest BCUT2D eigenvalue weighted by Crippen LogP contribution is 2.24. The maximum atomic E-state index is 10.9. The van der Waals surface area contributed by atoms with E-state index in [1.54, 1.807) is 18.0 Å². The molecule has 0 fully saturated rings. The molecule has 0 bridgehead atoms. The third-order valence-corrected chi connectivity index (χ3v) is 4.50. The van der Waals surface area contributed by atoms with E-state index in [0.717, 1.165) is 5.52 Å². The Hall–Kier alpha value is -3.41. The summed E-state index contributed by atoms with van der Waals surface area (Å²) in [6, 6.07) is 13.5. The highest BCUT2D eigenvalue weighted by Gasteiger charge is 2.16. The average molecular weight is 398 g/mol. The molecule has 8 nitrogen and oxygen atoms in total. The zero-order valence-corrected chi connectivity index (χ0v) is 15.6. The number of para-hydroxylation sites is 2. The van der Waals surface area contributed by atoms with E-state index >= 15 is 0 Å². The first-order valence-corrected chi connectivity index (χ1v) is 8.65. The molecule has 0 aliphatic carbocycles. The van der Waals surface area contributed by atoms with E-state index in [-0.39, 0.29) is 35.9 Å². The lowest BCUT2D eigenvalue weighted by Gasteiger charge is -2.17. The number of aromatic nitrogens is 2. The van der Waals surface area contributed by atoms with Crippen LogP contribution in [0.3, 0.4) is 0 Å². The number of H-pyrrole nitrogens is 1. The second-order valence-electron chi connectivity index (χ2n) is 6.24. The van der Waals surface area contributed by atoms with Gasteiger partial charge in [0, 0.05) is 23.7 Å². The minimum atomic E-state index is -0.493. The molecule has 2 N–H and O–H groups in total. The number of hydrogen-bond donors (Lipinski definition) is 2. The molecule has 0 unspecified atom stereocenters. The quantitative estimate of drug-likeness (QED) is 0.280. The number of aliphatic hydroxyl groups is 1. The van der Waals surface area contributed by atoms with E-state index in [2.05, 4.69) is 9.97 Å². The van der Waals surface area contributed by atoms with Gasteiger partial charge in [-0.15, -0.1) is 0 Å². The van der Waals surface area contributed by atoms with E-state index in [0.29, 0.717) is 16.1 Å². The third-order valence-electron chi connectivity index (χ3n) is 4.13. The first kappa shape index (κ1) is 19.4. The van der Waals surface area contributed by atoms with Crippen LogP contribution < -0.4 is 0 Å². The van der Waals surface area contributed by atoms with Gasteiger partial charge in [0.05, 0.1) is 22.5 Å². The molecule has 3 aromatic rings. The summed E-state index contributed by atoms with van der Waals surface area (Å²) < 4.78 is 0. The van der Waals surface area contributed by atoms with Gasteiger partial charge in [-0.3, -0.25) is 15.0 Å². The van der Waals surface area contributed by atoms with Crippen molar-refractivity contribution in [2.45, 2.75) is 6.54 Å². The lowest BCUT2D eigenvalue weighted by molar-refractivity contribution is -0.384. The molecule has 0 saturated heterocycles. The predicted molar refractivity (Wildman–Crippen MR) is 106 cm³/mol. The van der Waals surface area contributed by atoms with Crippen LogP contribution in [0.4, 0.5) is 5.69 Å². The fourth-order valence-electron chi connectivity index (χ4n) is 2.80. The number of benzene rings is 2. The Morgan fingerprint density at radius 2 is 2.14 bits per heavy atom. The van der Waals surface area contributed by atoms with Gasteiger partial charge in [-0.1, -0.05) is 23.7 Å². The molecule has 0 amide bonds. The molecule has 28 heavy (non-hydrogen) atoms. The van der Waals surface area contributed by atoms with E-state index in [9.17, 15) is 20.5 Å². The number of hydrogen-bond acceptors (Lipinski definition) is 6. The molecule has 9 heteroatoms. The zero-order valence-electron chi connectivity index (χ0n) is 14.9. The van der Waals surface area contributed by atoms with Crippen molar-refractivity contribution in [3.05, 3.63) is 74.7 Å². The van der Waals surface area contributed by atoms with Crippen LogP contribution >= 0.6 is 11.6 Å². The van der Waals surface area contributed by atoms with Crippen LogP contribution in [0.15, 0.2) is 48.2 Å². The average Bonchev–Trinajstić information content (AvgIpc) is 3.07. The van der Waals surface area contributed by atoms with Crippen molar-refractivity contribution in [3.63, 3.8) is 0 Å². The number of aliphatic hydroxyl groups excluding tert-OH is 1. The Morgan fingerprint density at radius 1 is 1.39 bits per heavy atom. The Balaban J connectivity index is 1.82. The van der Waals surface area contributed by atoms with Gasteiger partial charge in [-0.25, -0.2) is 4.98 Å². The van der Waals surface area contributed by atoms with Crippen LogP contribution in [0.5, 0.6) is 0 Å². The van der Waals surface area contributed by atoms with E-state index in [1.807, 2.05) is 24.3 Å². The van der Waals surface area contributed by atoms with Gasteiger partial charge >= 0.3 is 0 Å². The highest BCUT2D eigenvalue weighted by atomic mass is 35.5. The van der Waals surface area contributed by atoms with Crippen LogP contribution in [0.1, 0.15) is 11.4 Å². The number of nitro benzene ring substituents is 1. The second kappa shape index (κ2) is 8.08. The molecule has 2 aromatic carbocycles. The summed E-state index contributed by atoms with van der Waals surface area (Å²) in [5.41, 5.74) is 1.97. The summed E-state index contributed by atoms with van der Waals surface area (Å²) in [5.74, 6) is 0.119. The number of likely N-dealkylation sites (N-methyl/N-ethyl adjacent to an activating group) is 1. The standard InChI is InChI=1S/C19H16ClN5O3/c1-24(10-12-8-13(25(27)28)6-7-15(12)20)11-18(26)14(9-21)19-22-16-4-2-3-5-17(16)23-19/h2-8,26H,10-11H2,1H3,(H,22,23). The first-order valence-electron chi connectivity index (χ1n) is 8.27. The van der Waals surface area contributed by atoms with Gasteiger partial charge in [0.2, 0.25) is 0 Å². The van der Waals surface area contributed by atoms with E-state index in [4.69, 9.17) is 11.6 Å². The van der Waals surface area contributed by atoms with Crippen molar-refractivity contribution < 1.29 is 10.0 Å². The number of allylic oxidation sites excluding steroid dienone is 1. The lowest BCUT2D eigenvalue weighted by Crippen LogP contribution is -2.21. The first-order chi connectivity index (χ1) is 13.4. The van der Waals surface area contributed by atoms with Crippen molar-refractivity contribution >= 4 is 33.9 Å². The van der Waals surface area contributed by atoms with Crippen molar-refractivity contribution in [2.24, 2.45) is 0 Å². The molecule has 0 atom stereocenters. The van der Waals surface area contributed by atoms with Crippen LogP contribution in [0.25, 0.3) is 16.6 Å². The summed E-state index contributed by atoms with van der Waals surface area (Å²) >= 11 is 6.12. The lowest BCUT2D eigenvalue weighted by atomic mass is 10.1. The number of halogens is 1. The van der Waals surface area contributed by atoms with E-state index < -0.39 is 4.92 Å². The Bertz CT molecular complexity index is 1080.